The first-order chi connectivity index (χ1) is 11.0. The second-order valence-electron chi connectivity index (χ2n) is 7.44. The molecule has 0 radical (unpaired) electrons. The van der Waals surface area contributed by atoms with Gasteiger partial charge in [-0.25, -0.2) is 0 Å². The molecule has 5 rings (SSSR count). The Bertz CT molecular complexity index is 738. The van der Waals surface area contributed by atoms with E-state index in [9.17, 15) is 9.90 Å². The van der Waals surface area contributed by atoms with Gasteiger partial charge in [-0.05, 0) is 44.5 Å². The summed E-state index contributed by atoms with van der Waals surface area (Å²) in [5.74, 6) is 1.47. The summed E-state index contributed by atoms with van der Waals surface area (Å²) in [6, 6.07) is 4.05. The largest absolute Gasteiger partial charge is 0.493 e. The molecule has 1 N–H and O–H groups in total. The summed E-state index contributed by atoms with van der Waals surface area (Å²) in [6.45, 7) is 0.871. The third kappa shape index (κ3) is 1.52. The Balaban J connectivity index is 0.00000146. The highest BCUT2D eigenvalue weighted by molar-refractivity contribution is 5.90. The third-order valence-corrected chi connectivity index (χ3v) is 6.73. The van der Waals surface area contributed by atoms with Crippen molar-refractivity contribution in [2.24, 2.45) is 0 Å². The van der Waals surface area contributed by atoms with Gasteiger partial charge in [0.05, 0.1) is 18.1 Å². The number of benzene rings is 1. The van der Waals surface area contributed by atoms with Gasteiger partial charge < -0.3 is 19.5 Å². The molecule has 2 bridgehead atoms. The van der Waals surface area contributed by atoms with Crippen molar-refractivity contribution in [3.05, 3.63) is 23.3 Å². The zero-order chi connectivity index (χ0) is 16.0. The third-order valence-electron chi connectivity index (χ3n) is 6.73. The Labute approximate surface area is 147 Å². The molecule has 2 heterocycles. The fourth-order valence-corrected chi connectivity index (χ4v) is 5.69. The van der Waals surface area contributed by atoms with Crippen LogP contribution in [-0.4, -0.2) is 54.2 Å². The maximum atomic E-state index is 12.7. The summed E-state index contributed by atoms with van der Waals surface area (Å²) < 4.78 is 11.6. The van der Waals surface area contributed by atoms with Crippen LogP contribution in [0, 0.1) is 0 Å². The number of hydrogen-bond donors (Lipinski definition) is 1. The molecule has 4 atom stereocenters. The minimum absolute atomic E-state index is 0. The normalized spacial score (nSPS) is 38.9. The molecule has 2 fully saturated rings. The molecule has 130 valence electrons. The van der Waals surface area contributed by atoms with Gasteiger partial charge >= 0.3 is 0 Å². The fourth-order valence-electron chi connectivity index (χ4n) is 5.69. The first-order valence-electron chi connectivity index (χ1n) is 8.35. The zero-order valence-corrected chi connectivity index (χ0v) is 14.7. The smallest absolute Gasteiger partial charge is 0.174 e. The van der Waals surface area contributed by atoms with E-state index in [1.807, 2.05) is 6.07 Å². The average Bonchev–Trinajstić information content (AvgIpc) is 2.90. The highest BCUT2D eigenvalue weighted by Crippen LogP contribution is 2.64. The van der Waals surface area contributed by atoms with E-state index in [0.29, 0.717) is 24.3 Å². The molecule has 6 heteroatoms. The molecular weight excluding hydrogens is 330 g/mol. The van der Waals surface area contributed by atoms with Gasteiger partial charge in [-0.15, -0.1) is 12.4 Å². The number of carbonyl (C=O) groups excluding carboxylic acids is 1. The Morgan fingerprint density at radius 2 is 2.17 bits per heavy atom. The van der Waals surface area contributed by atoms with Crippen LogP contribution in [0.25, 0.3) is 0 Å². The highest BCUT2D eigenvalue weighted by Gasteiger charge is 2.72. The standard InChI is InChI=1S/C18H21NO4.ClH/c1-19-8-7-17-14-10-3-4-12(22-2)15(14)23-16(17)11(20)5-6-18(17,21)13(19)9-10;/h3-4,13,16,21H,5-9H2,1-2H3;1H. The molecule has 0 amide bonds. The molecule has 1 saturated carbocycles. The lowest BCUT2D eigenvalue weighted by molar-refractivity contribution is -0.185. The van der Waals surface area contributed by atoms with E-state index < -0.39 is 17.1 Å². The molecule has 1 aromatic carbocycles. The van der Waals surface area contributed by atoms with Crippen LogP contribution in [0.3, 0.4) is 0 Å². The van der Waals surface area contributed by atoms with Crippen LogP contribution in [0.1, 0.15) is 30.4 Å². The van der Waals surface area contributed by atoms with Crippen molar-refractivity contribution in [3.63, 3.8) is 0 Å². The van der Waals surface area contributed by atoms with Crippen molar-refractivity contribution < 1.29 is 19.4 Å². The van der Waals surface area contributed by atoms with E-state index in [2.05, 4.69) is 18.0 Å². The van der Waals surface area contributed by atoms with E-state index in [4.69, 9.17) is 9.47 Å². The van der Waals surface area contributed by atoms with Gasteiger partial charge in [0.15, 0.2) is 23.4 Å². The van der Waals surface area contributed by atoms with Gasteiger partial charge in [0.2, 0.25) is 0 Å². The maximum absolute atomic E-state index is 12.7. The van der Waals surface area contributed by atoms with Crippen LogP contribution in [0.5, 0.6) is 11.5 Å². The van der Waals surface area contributed by atoms with Crippen molar-refractivity contribution in [1.29, 1.82) is 0 Å². The second-order valence-corrected chi connectivity index (χ2v) is 7.44. The quantitative estimate of drug-likeness (QED) is 0.830. The van der Waals surface area contributed by atoms with E-state index in [-0.39, 0.29) is 24.2 Å². The number of rotatable bonds is 1. The summed E-state index contributed by atoms with van der Waals surface area (Å²) in [5.41, 5.74) is 0.737. The summed E-state index contributed by atoms with van der Waals surface area (Å²) in [5, 5.41) is 11.7. The number of ether oxygens (including phenoxy) is 2. The number of piperidine rings is 1. The molecule has 1 saturated heterocycles. The number of likely N-dealkylation sites (tertiary alicyclic amines) is 1. The van der Waals surface area contributed by atoms with E-state index in [1.54, 1.807) is 7.11 Å². The minimum atomic E-state index is -0.900. The average molecular weight is 352 g/mol. The van der Waals surface area contributed by atoms with Crippen molar-refractivity contribution in [3.8, 4) is 11.5 Å². The SMILES string of the molecule is COc1ccc2c3c1OC1C(=O)CCC4(O)C(C2)N(C)CCC314.Cl. The molecule has 1 aromatic rings. The molecular formula is C18H22ClNO4. The Hall–Kier alpha value is -1.30. The van der Waals surface area contributed by atoms with Crippen LogP contribution in [0.2, 0.25) is 0 Å². The fraction of sp³-hybridized carbons (Fsp3) is 0.611. The first-order valence-corrected chi connectivity index (χ1v) is 8.35. The van der Waals surface area contributed by atoms with Gasteiger partial charge in [-0.3, -0.25) is 4.79 Å². The van der Waals surface area contributed by atoms with Crippen LogP contribution >= 0.6 is 12.4 Å². The van der Waals surface area contributed by atoms with Crippen LogP contribution < -0.4 is 9.47 Å². The number of ketones is 1. The number of likely N-dealkylation sites (N-methyl/N-ethyl adjacent to an activating group) is 1. The monoisotopic (exact) mass is 351 g/mol. The number of carbonyl (C=O) groups is 1. The summed E-state index contributed by atoms with van der Waals surface area (Å²) in [7, 11) is 3.70. The Morgan fingerprint density at radius 3 is 2.92 bits per heavy atom. The number of nitrogens with zero attached hydrogens (tertiary/aromatic N) is 1. The predicted molar refractivity (Wildman–Crippen MR) is 90.3 cm³/mol. The molecule has 5 nitrogen and oxygen atoms in total. The van der Waals surface area contributed by atoms with Crippen LogP contribution in [-0.2, 0) is 16.6 Å². The predicted octanol–water partition coefficient (Wildman–Crippen LogP) is 1.47. The molecule has 24 heavy (non-hydrogen) atoms. The zero-order valence-electron chi connectivity index (χ0n) is 13.9. The lowest BCUT2D eigenvalue weighted by Crippen LogP contribution is -2.76. The van der Waals surface area contributed by atoms with E-state index in [1.165, 1.54) is 5.56 Å². The molecule has 0 aromatic heterocycles. The second kappa shape index (κ2) is 4.87. The number of Topliss-reactive ketones (excluding diaryl/α,β-unsaturated/α-hetero) is 1. The number of halogens is 1. The van der Waals surface area contributed by atoms with Crippen LogP contribution in [0.4, 0.5) is 0 Å². The van der Waals surface area contributed by atoms with Gasteiger partial charge in [0.1, 0.15) is 0 Å². The molecule has 2 aliphatic heterocycles. The summed E-state index contributed by atoms with van der Waals surface area (Å²) >= 11 is 0. The van der Waals surface area contributed by atoms with Crippen molar-refractivity contribution in [2.75, 3.05) is 20.7 Å². The van der Waals surface area contributed by atoms with E-state index in [0.717, 1.165) is 24.9 Å². The number of aliphatic hydroxyl groups is 1. The van der Waals surface area contributed by atoms with Gasteiger partial charge in [-0.2, -0.15) is 0 Å². The Morgan fingerprint density at radius 1 is 1.38 bits per heavy atom. The van der Waals surface area contributed by atoms with E-state index >= 15 is 0 Å². The molecule has 2 aliphatic carbocycles. The highest BCUT2D eigenvalue weighted by atomic mass is 35.5. The van der Waals surface area contributed by atoms with Gasteiger partial charge in [0, 0.05) is 18.0 Å². The molecule has 4 unspecified atom stereocenters. The molecule has 1 spiro atoms. The number of methoxy groups -OCH3 is 1. The van der Waals surface area contributed by atoms with Gasteiger partial charge in [0.25, 0.3) is 0 Å². The van der Waals surface area contributed by atoms with Crippen molar-refractivity contribution in [2.45, 2.75) is 48.8 Å². The summed E-state index contributed by atoms with van der Waals surface area (Å²) in [4.78, 5) is 14.9. The maximum Gasteiger partial charge on any atom is 0.174 e. The molecule has 4 aliphatic rings. The van der Waals surface area contributed by atoms with Crippen molar-refractivity contribution >= 4 is 18.2 Å². The van der Waals surface area contributed by atoms with Crippen LogP contribution in [0.15, 0.2) is 12.1 Å². The topological polar surface area (TPSA) is 59.0 Å². The lowest BCUT2D eigenvalue weighted by Gasteiger charge is -2.62. The first kappa shape index (κ1) is 16.2. The summed E-state index contributed by atoms with van der Waals surface area (Å²) in [6.07, 6.45) is 1.89. The lowest BCUT2D eigenvalue weighted by atomic mass is 9.49. The van der Waals surface area contributed by atoms with Crippen molar-refractivity contribution in [1.82, 2.24) is 4.90 Å². The Kier molecular flexibility index (Phi) is 3.28. The minimum Gasteiger partial charge on any atom is -0.493 e. The number of hydrogen-bond acceptors (Lipinski definition) is 5. The van der Waals surface area contributed by atoms with Gasteiger partial charge in [-0.1, -0.05) is 6.07 Å².